The summed E-state index contributed by atoms with van der Waals surface area (Å²) in [6.45, 7) is 1.42. The van der Waals surface area contributed by atoms with Gasteiger partial charge in [0.05, 0.1) is 0 Å². The second kappa shape index (κ2) is 6.34. The fourth-order valence-corrected chi connectivity index (χ4v) is 4.45. The zero-order chi connectivity index (χ0) is 12.8. The van der Waals surface area contributed by atoms with E-state index in [2.05, 4.69) is 8.51 Å². The normalized spacial score (nSPS) is 10.6. The number of aromatic nitrogens is 1. The van der Waals surface area contributed by atoms with Crippen LogP contribution in [0, 0.1) is 3.57 Å². The Morgan fingerprint density at radius 3 is 2.50 bits per heavy atom. The number of nitrogens with one attached hydrogen (secondary N) is 1. The number of carbonyl (C=O) groups is 1. The molecule has 0 amide bonds. The summed E-state index contributed by atoms with van der Waals surface area (Å²) in [5, 5.41) is 0. The summed E-state index contributed by atoms with van der Waals surface area (Å²) in [4.78, 5) is 15.4. The number of hydrogen-bond acceptors (Lipinski definition) is 4. The second-order valence-corrected chi connectivity index (χ2v) is 7.07. The second-order valence-electron chi connectivity index (χ2n) is 3.42. The van der Waals surface area contributed by atoms with Crippen molar-refractivity contribution in [2.45, 2.75) is 6.92 Å². The molecule has 1 N–H and O–H groups in total. The molecule has 1 aromatic carbocycles. The van der Waals surface area contributed by atoms with Crippen molar-refractivity contribution in [3.63, 3.8) is 0 Å². The van der Waals surface area contributed by atoms with Crippen molar-refractivity contribution in [1.82, 2.24) is 4.98 Å². The SMILES string of the molecule is CC(=O)OI(Nc1ccccn1)c1ccccc1. The summed E-state index contributed by atoms with van der Waals surface area (Å²) in [6.07, 6.45) is 1.70. The van der Waals surface area contributed by atoms with Gasteiger partial charge in [0.25, 0.3) is 0 Å². The van der Waals surface area contributed by atoms with E-state index in [9.17, 15) is 4.79 Å². The Balaban J connectivity index is 2.18. The van der Waals surface area contributed by atoms with Crippen LogP contribution in [0.25, 0.3) is 0 Å². The number of hydrogen-bond donors (Lipinski definition) is 1. The summed E-state index contributed by atoms with van der Waals surface area (Å²) in [7, 11) is 0. The van der Waals surface area contributed by atoms with Gasteiger partial charge in [0.15, 0.2) is 0 Å². The van der Waals surface area contributed by atoms with Crippen LogP contribution >= 0.6 is 20.5 Å². The minimum absolute atomic E-state index is 0.271. The van der Waals surface area contributed by atoms with Gasteiger partial charge >= 0.3 is 114 Å². The third-order valence-corrected chi connectivity index (χ3v) is 5.92. The van der Waals surface area contributed by atoms with Crippen molar-refractivity contribution in [2.75, 3.05) is 3.53 Å². The Morgan fingerprint density at radius 2 is 1.89 bits per heavy atom. The van der Waals surface area contributed by atoms with Gasteiger partial charge in [-0.1, -0.05) is 0 Å². The summed E-state index contributed by atoms with van der Waals surface area (Å²) in [6, 6.07) is 15.3. The van der Waals surface area contributed by atoms with Crippen molar-refractivity contribution < 1.29 is 7.86 Å². The van der Waals surface area contributed by atoms with Gasteiger partial charge in [-0.25, -0.2) is 0 Å². The van der Waals surface area contributed by atoms with Crippen LogP contribution in [0.15, 0.2) is 54.7 Å². The molecular weight excluding hydrogens is 343 g/mol. The fourth-order valence-electron chi connectivity index (χ4n) is 1.26. The van der Waals surface area contributed by atoms with E-state index < -0.39 is 20.5 Å². The minimum atomic E-state index is -2.23. The van der Waals surface area contributed by atoms with Gasteiger partial charge in [0.1, 0.15) is 0 Å². The van der Waals surface area contributed by atoms with Crippen LogP contribution in [0.3, 0.4) is 0 Å². The number of carbonyl (C=O) groups excluding carboxylic acids is 1. The van der Waals surface area contributed by atoms with Gasteiger partial charge in [-0.05, 0) is 0 Å². The van der Waals surface area contributed by atoms with Crippen molar-refractivity contribution >= 4 is 32.3 Å². The van der Waals surface area contributed by atoms with E-state index in [0.29, 0.717) is 0 Å². The van der Waals surface area contributed by atoms with Crippen molar-refractivity contribution in [3.05, 3.63) is 58.3 Å². The molecule has 0 aliphatic heterocycles. The first-order chi connectivity index (χ1) is 8.75. The van der Waals surface area contributed by atoms with Gasteiger partial charge in [-0.2, -0.15) is 0 Å². The van der Waals surface area contributed by atoms with E-state index in [1.807, 2.05) is 48.5 Å². The first-order valence-corrected chi connectivity index (χ1v) is 8.41. The van der Waals surface area contributed by atoms with E-state index in [0.717, 1.165) is 9.39 Å². The van der Waals surface area contributed by atoms with Crippen LogP contribution < -0.4 is 3.53 Å². The molecular formula is C13H13IN2O2. The molecule has 94 valence electrons. The first-order valence-electron chi connectivity index (χ1n) is 5.37. The maximum atomic E-state index is 11.2. The predicted molar refractivity (Wildman–Crippen MR) is 78.8 cm³/mol. The molecule has 2 aromatic rings. The van der Waals surface area contributed by atoms with Crippen LogP contribution in [0.4, 0.5) is 5.82 Å². The Bertz CT molecular complexity index is 505. The van der Waals surface area contributed by atoms with E-state index >= 15 is 0 Å². The van der Waals surface area contributed by atoms with Gasteiger partial charge in [-0.3, -0.25) is 0 Å². The number of anilines is 1. The Kier molecular flexibility index (Phi) is 4.52. The van der Waals surface area contributed by atoms with Crippen LogP contribution in [0.5, 0.6) is 0 Å². The van der Waals surface area contributed by atoms with Gasteiger partial charge < -0.3 is 0 Å². The number of rotatable bonds is 4. The average Bonchev–Trinajstić information content (AvgIpc) is 2.40. The summed E-state index contributed by atoms with van der Waals surface area (Å²) >= 11 is -2.23. The monoisotopic (exact) mass is 356 g/mol. The first kappa shape index (κ1) is 12.8. The molecule has 0 aliphatic rings. The third kappa shape index (κ3) is 3.69. The molecule has 0 fully saturated rings. The van der Waals surface area contributed by atoms with Crippen molar-refractivity contribution in [3.8, 4) is 0 Å². The average molecular weight is 356 g/mol. The maximum absolute atomic E-state index is 11.2. The molecule has 1 heterocycles. The number of halogens is 1. The molecule has 0 atom stereocenters. The van der Waals surface area contributed by atoms with Crippen LogP contribution in [0.1, 0.15) is 6.92 Å². The van der Waals surface area contributed by atoms with Crippen LogP contribution in [-0.4, -0.2) is 11.0 Å². The molecule has 0 saturated carbocycles. The van der Waals surface area contributed by atoms with Gasteiger partial charge in [-0.15, -0.1) is 0 Å². The van der Waals surface area contributed by atoms with Crippen LogP contribution in [-0.2, 0) is 7.86 Å². The van der Waals surface area contributed by atoms with Crippen molar-refractivity contribution in [2.24, 2.45) is 0 Å². The van der Waals surface area contributed by atoms with E-state index in [4.69, 9.17) is 3.07 Å². The van der Waals surface area contributed by atoms with E-state index in [-0.39, 0.29) is 5.97 Å². The molecule has 0 aliphatic carbocycles. The fraction of sp³-hybridized carbons (Fsp3) is 0.0769. The summed E-state index contributed by atoms with van der Waals surface area (Å²) in [5.41, 5.74) is 0. The van der Waals surface area contributed by atoms with Gasteiger partial charge in [0, 0.05) is 0 Å². The number of pyridine rings is 1. The zero-order valence-electron chi connectivity index (χ0n) is 9.84. The summed E-state index contributed by atoms with van der Waals surface area (Å²) < 4.78 is 9.67. The predicted octanol–water partition coefficient (Wildman–Crippen LogP) is 3.26. The molecule has 18 heavy (non-hydrogen) atoms. The van der Waals surface area contributed by atoms with Gasteiger partial charge in [0.2, 0.25) is 0 Å². The van der Waals surface area contributed by atoms with E-state index in [1.54, 1.807) is 6.20 Å². The molecule has 0 spiro atoms. The Labute approximate surface area is 114 Å². The molecule has 0 unspecified atom stereocenters. The van der Waals surface area contributed by atoms with E-state index in [1.165, 1.54) is 6.92 Å². The quantitative estimate of drug-likeness (QED) is 0.675. The molecule has 1 aromatic heterocycles. The molecule has 5 heteroatoms. The standard InChI is InChI=1S/C13H13IN2O2/c1-11(17)18-14(12-7-3-2-4-8-12)16-13-9-5-6-10-15-13/h2-10H,1H3,(H,15,16). The Morgan fingerprint density at radius 1 is 1.17 bits per heavy atom. The molecule has 2 rings (SSSR count). The molecule has 4 nitrogen and oxygen atoms in total. The number of nitrogens with zero attached hydrogens (tertiary/aromatic N) is 1. The summed E-state index contributed by atoms with van der Waals surface area (Å²) in [5.74, 6) is 0.459. The number of benzene rings is 1. The zero-order valence-corrected chi connectivity index (χ0v) is 12.0. The topological polar surface area (TPSA) is 51.2 Å². The Hall–Kier alpha value is -1.63. The molecule has 0 radical (unpaired) electrons. The molecule has 0 saturated heterocycles. The van der Waals surface area contributed by atoms with Crippen molar-refractivity contribution in [1.29, 1.82) is 0 Å². The van der Waals surface area contributed by atoms with Crippen LogP contribution in [0.2, 0.25) is 0 Å². The molecule has 0 bridgehead atoms. The third-order valence-electron chi connectivity index (χ3n) is 1.96.